The average molecular weight is 276 g/mol. The van der Waals surface area contributed by atoms with Crippen LogP contribution in [0.25, 0.3) is 0 Å². The summed E-state index contributed by atoms with van der Waals surface area (Å²) in [5, 5.41) is 11.6. The minimum Gasteiger partial charge on any atom is -0.477 e. The first-order chi connectivity index (χ1) is 9.66. The SMILES string of the molecule is O=C(O)c1ccc(NC(=O)C2CCCCCCC2)cn1. The molecule has 2 N–H and O–H groups in total. The van der Waals surface area contributed by atoms with Crippen LogP contribution in [0.3, 0.4) is 0 Å². The van der Waals surface area contributed by atoms with E-state index in [1.54, 1.807) is 6.07 Å². The number of carbonyl (C=O) groups is 2. The van der Waals surface area contributed by atoms with Crippen LogP contribution in [0.4, 0.5) is 5.69 Å². The van der Waals surface area contributed by atoms with E-state index in [0.29, 0.717) is 5.69 Å². The predicted molar refractivity (Wildman–Crippen MR) is 75.6 cm³/mol. The first-order valence-corrected chi connectivity index (χ1v) is 7.17. The molecule has 1 aromatic heterocycles. The van der Waals surface area contributed by atoms with Crippen LogP contribution in [0, 0.1) is 5.92 Å². The van der Waals surface area contributed by atoms with Gasteiger partial charge in [0.25, 0.3) is 0 Å². The van der Waals surface area contributed by atoms with Gasteiger partial charge >= 0.3 is 5.97 Å². The van der Waals surface area contributed by atoms with Crippen molar-refractivity contribution in [3.05, 3.63) is 24.0 Å². The molecule has 0 unspecified atom stereocenters. The Morgan fingerprint density at radius 3 is 2.30 bits per heavy atom. The Hall–Kier alpha value is -1.91. The first-order valence-electron chi connectivity index (χ1n) is 7.17. The highest BCUT2D eigenvalue weighted by molar-refractivity contribution is 5.93. The van der Waals surface area contributed by atoms with Crippen LogP contribution in [0.15, 0.2) is 18.3 Å². The third-order valence-electron chi connectivity index (χ3n) is 3.73. The van der Waals surface area contributed by atoms with Crippen molar-refractivity contribution in [2.45, 2.75) is 44.9 Å². The van der Waals surface area contributed by atoms with E-state index < -0.39 is 5.97 Å². The molecule has 0 atom stereocenters. The van der Waals surface area contributed by atoms with E-state index in [-0.39, 0.29) is 17.5 Å². The van der Waals surface area contributed by atoms with E-state index in [4.69, 9.17) is 5.11 Å². The molecule has 0 aromatic carbocycles. The number of nitrogens with zero attached hydrogens (tertiary/aromatic N) is 1. The van der Waals surface area contributed by atoms with Gasteiger partial charge in [0.05, 0.1) is 11.9 Å². The topological polar surface area (TPSA) is 79.3 Å². The Bertz CT molecular complexity index is 463. The lowest BCUT2D eigenvalue weighted by atomic mass is 9.90. The number of aromatic nitrogens is 1. The van der Waals surface area contributed by atoms with E-state index in [0.717, 1.165) is 25.7 Å². The number of hydrogen-bond donors (Lipinski definition) is 2. The Morgan fingerprint density at radius 2 is 1.75 bits per heavy atom. The number of hydrogen-bond acceptors (Lipinski definition) is 3. The molecular weight excluding hydrogens is 256 g/mol. The van der Waals surface area contributed by atoms with Crippen LogP contribution in [0.2, 0.25) is 0 Å². The molecule has 0 bridgehead atoms. The molecule has 1 aliphatic carbocycles. The van der Waals surface area contributed by atoms with Crippen LogP contribution >= 0.6 is 0 Å². The molecule has 20 heavy (non-hydrogen) atoms. The van der Waals surface area contributed by atoms with Gasteiger partial charge in [0.1, 0.15) is 5.69 Å². The maximum Gasteiger partial charge on any atom is 0.354 e. The Balaban J connectivity index is 1.93. The van der Waals surface area contributed by atoms with Crippen molar-refractivity contribution in [2.24, 2.45) is 5.92 Å². The van der Waals surface area contributed by atoms with Gasteiger partial charge in [0.2, 0.25) is 5.91 Å². The molecule has 0 spiro atoms. The first kappa shape index (κ1) is 14.5. The summed E-state index contributed by atoms with van der Waals surface area (Å²) in [6.45, 7) is 0. The van der Waals surface area contributed by atoms with E-state index in [1.807, 2.05) is 0 Å². The summed E-state index contributed by atoms with van der Waals surface area (Å²) >= 11 is 0. The van der Waals surface area contributed by atoms with Crippen LogP contribution in [-0.2, 0) is 4.79 Å². The van der Waals surface area contributed by atoms with Gasteiger partial charge in [-0.25, -0.2) is 9.78 Å². The van der Waals surface area contributed by atoms with Gasteiger partial charge < -0.3 is 10.4 Å². The molecular formula is C15H20N2O3. The van der Waals surface area contributed by atoms with Gasteiger partial charge in [0.15, 0.2) is 0 Å². The highest BCUT2D eigenvalue weighted by atomic mass is 16.4. The lowest BCUT2D eigenvalue weighted by Crippen LogP contribution is -2.23. The molecule has 108 valence electrons. The number of carboxylic acids is 1. The predicted octanol–water partition coefficient (Wildman–Crippen LogP) is 3.08. The highest BCUT2D eigenvalue weighted by Crippen LogP contribution is 2.23. The normalized spacial score (nSPS) is 17.0. The summed E-state index contributed by atoms with van der Waals surface area (Å²) in [5.74, 6) is -0.978. The second-order valence-electron chi connectivity index (χ2n) is 5.27. The number of carbonyl (C=O) groups excluding carboxylic acids is 1. The quantitative estimate of drug-likeness (QED) is 0.889. The standard InChI is InChI=1S/C15H20N2O3/c18-14(11-6-4-2-1-3-5-7-11)17-12-8-9-13(15(19)20)16-10-12/h8-11H,1-7H2,(H,17,18)(H,19,20). The fourth-order valence-corrected chi connectivity index (χ4v) is 2.56. The minimum absolute atomic E-state index is 0.0195. The maximum absolute atomic E-state index is 12.2. The Labute approximate surface area is 118 Å². The molecule has 1 aliphatic rings. The lowest BCUT2D eigenvalue weighted by Gasteiger charge is -2.19. The van der Waals surface area contributed by atoms with Gasteiger partial charge in [-0.1, -0.05) is 32.1 Å². The van der Waals surface area contributed by atoms with Gasteiger partial charge in [0, 0.05) is 5.92 Å². The van der Waals surface area contributed by atoms with E-state index >= 15 is 0 Å². The summed E-state index contributed by atoms with van der Waals surface area (Å²) in [5.41, 5.74) is 0.538. The van der Waals surface area contributed by atoms with Gasteiger partial charge in [-0.3, -0.25) is 4.79 Å². The summed E-state index contributed by atoms with van der Waals surface area (Å²) in [4.78, 5) is 26.7. The fourth-order valence-electron chi connectivity index (χ4n) is 2.56. The minimum atomic E-state index is -1.07. The zero-order chi connectivity index (χ0) is 14.4. The average Bonchev–Trinajstić information content (AvgIpc) is 2.38. The number of nitrogens with one attached hydrogen (secondary N) is 1. The number of aromatic carboxylic acids is 1. The lowest BCUT2D eigenvalue weighted by molar-refractivity contribution is -0.120. The van der Waals surface area contributed by atoms with Crippen molar-refractivity contribution in [3.8, 4) is 0 Å². The molecule has 5 nitrogen and oxygen atoms in total. The van der Waals surface area contributed by atoms with Crippen molar-refractivity contribution in [2.75, 3.05) is 5.32 Å². The zero-order valence-corrected chi connectivity index (χ0v) is 11.5. The van der Waals surface area contributed by atoms with Crippen molar-refractivity contribution >= 4 is 17.6 Å². The third kappa shape index (κ3) is 4.05. The molecule has 1 heterocycles. The van der Waals surface area contributed by atoms with E-state index in [9.17, 15) is 9.59 Å². The van der Waals surface area contributed by atoms with Crippen molar-refractivity contribution < 1.29 is 14.7 Å². The van der Waals surface area contributed by atoms with Gasteiger partial charge in [-0.05, 0) is 25.0 Å². The van der Waals surface area contributed by atoms with Crippen molar-refractivity contribution in [1.29, 1.82) is 0 Å². The number of carboxylic acid groups (broad SMARTS) is 1. The molecule has 0 radical (unpaired) electrons. The van der Waals surface area contributed by atoms with E-state index in [1.165, 1.54) is 31.5 Å². The number of rotatable bonds is 3. The third-order valence-corrected chi connectivity index (χ3v) is 3.73. The second-order valence-corrected chi connectivity index (χ2v) is 5.27. The zero-order valence-electron chi connectivity index (χ0n) is 11.5. The van der Waals surface area contributed by atoms with Crippen LogP contribution in [-0.4, -0.2) is 22.0 Å². The molecule has 1 amide bonds. The van der Waals surface area contributed by atoms with Crippen LogP contribution in [0.5, 0.6) is 0 Å². The molecule has 2 rings (SSSR count). The van der Waals surface area contributed by atoms with Crippen molar-refractivity contribution in [3.63, 3.8) is 0 Å². The molecule has 1 aromatic rings. The largest absolute Gasteiger partial charge is 0.477 e. The smallest absolute Gasteiger partial charge is 0.354 e. The second kappa shape index (κ2) is 7.03. The Morgan fingerprint density at radius 1 is 1.10 bits per heavy atom. The maximum atomic E-state index is 12.2. The monoisotopic (exact) mass is 276 g/mol. The summed E-state index contributed by atoms with van der Waals surface area (Å²) in [6, 6.07) is 2.98. The highest BCUT2D eigenvalue weighted by Gasteiger charge is 2.19. The summed E-state index contributed by atoms with van der Waals surface area (Å²) in [7, 11) is 0. The summed E-state index contributed by atoms with van der Waals surface area (Å²) in [6.07, 6.45) is 9.16. The number of amides is 1. The van der Waals surface area contributed by atoms with Gasteiger partial charge in [-0.15, -0.1) is 0 Å². The molecule has 0 aliphatic heterocycles. The summed E-state index contributed by atoms with van der Waals surface area (Å²) < 4.78 is 0. The van der Waals surface area contributed by atoms with Crippen LogP contribution < -0.4 is 5.32 Å². The van der Waals surface area contributed by atoms with Crippen LogP contribution in [0.1, 0.15) is 55.4 Å². The van der Waals surface area contributed by atoms with E-state index in [2.05, 4.69) is 10.3 Å². The number of pyridine rings is 1. The Kier molecular flexibility index (Phi) is 5.09. The molecule has 1 saturated carbocycles. The fraction of sp³-hybridized carbons (Fsp3) is 0.533. The molecule has 0 saturated heterocycles. The molecule has 1 fully saturated rings. The molecule has 5 heteroatoms. The van der Waals surface area contributed by atoms with Crippen molar-refractivity contribution in [1.82, 2.24) is 4.98 Å². The van der Waals surface area contributed by atoms with Gasteiger partial charge in [-0.2, -0.15) is 0 Å². The number of anilines is 1.